The lowest BCUT2D eigenvalue weighted by atomic mass is 10.1. The largest absolute Gasteiger partial charge is 0.444 e. The Morgan fingerprint density at radius 3 is 2.78 bits per heavy atom. The van der Waals surface area contributed by atoms with Crippen LogP contribution in [0.4, 0.5) is 10.7 Å². The van der Waals surface area contributed by atoms with Crippen LogP contribution in [0.15, 0.2) is 6.20 Å². The molecule has 0 bridgehead atoms. The zero-order valence-electron chi connectivity index (χ0n) is 17.0. The molecule has 0 aromatic carbocycles. The minimum atomic E-state index is -0.548. The van der Waals surface area contributed by atoms with Crippen LogP contribution in [0, 0.1) is 0 Å². The Bertz CT molecular complexity index is 672. The topological polar surface area (TPSA) is 96.5 Å². The third-order valence-electron chi connectivity index (χ3n) is 4.28. The Morgan fingerprint density at radius 2 is 2.11 bits per heavy atom. The lowest BCUT2D eigenvalue weighted by Crippen LogP contribution is -2.39. The van der Waals surface area contributed by atoms with Crippen molar-refractivity contribution in [1.29, 1.82) is 0 Å². The van der Waals surface area contributed by atoms with E-state index in [1.165, 1.54) is 0 Å². The molecule has 0 fully saturated rings. The molecule has 2 heterocycles. The van der Waals surface area contributed by atoms with Crippen LogP contribution in [0.2, 0.25) is 0 Å². The molecule has 27 heavy (non-hydrogen) atoms. The number of carbonyl (C=O) groups excluding carboxylic acids is 2. The summed E-state index contributed by atoms with van der Waals surface area (Å²) in [5.41, 5.74) is 1.42. The maximum Gasteiger partial charge on any atom is 0.407 e. The molecule has 1 unspecified atom stereocenters. The highest BCUT2D eigenvalue weighted by atomic mass is 16.6. The molecule has 2 rings (SSSR count). The van der Waals surface area contributed by atoms with Gasteiger partial charge in [-0.1, -0.05) is 6.92 Å². The number of rotatable bonds is 6. The molecule has 0 aliphatic carbocycles. The van der Waals surface area contributed by atoms with E-state index in [9.17, 15) is 9.59 Å². The minimum Gasteiger partial charge on any atom is -0.444 e. The van der Waals surface area contributed by atoms with Crippen molar-refractivity contribution in [2.45, 2.75) is 72.1 Å². The van der Waals surface area contributed by atoms with Gasteiger partial charge in [-0.15, -0.1) is 0 Å². The van der Waals surface area contributed by atoms with E-state index in [0.717, 1.165) is 17.7 Å². The van der Waals surface area contributed by atoms with E-state index in [-0.39, 0.29) is 18.9 Å². The maximum absolute atomic E-state index is 12.4. The molecule has 2 N–H and O–H groups in total. The lowest BCUT2D eigenvalue weighted by molar-refractivity contribution is -0.132. The van der Waals surface area contributed by atoms with E-state index < -0.39 is 11.7 Å². The van der Waals surface area contributed by atoms with Crippen molar-refractivity contribution in [3.63, 3.8) is 0 Å². The highest BCUT2D eigenvalue weighted by Gasteiger charge is 2.23. The number of nitrogens with zero attached hydrogens (tertiary/aromatic N) is 3. The summed E-state index contributed by atoms with van der Waals surface area (Å²) >= 11 is 0. The summed E-state index contributed by atoms with van der Waals surface area (Å²) in [5.74, 6) is 0.642. The summed E-state index contributed by atoms with van der Waals surface area (Å²) in [5, 5.41) is 5.89. The number of aromatic nitrogens is 2. The number of hydrogen-bond donors (Lipinski definition) is 2. The average molecular weight is 377 g/mol. The first-order valence-corrected chi connectivity index (χ1v) is 9.54. The van der Waals surface area contributed by atoms with Gasteiger partial charge in [0, 0.05) is 50.3 Å². The highest BCUT2D eigenvalue weighted by molar-refractivity contribution is 5.77. The molecular weight excluding hydrogens is 346 g/mol. The maximum atomic E-state index is 12.4. The third kappa shape index (κ3) is 6.69. The van der Waals surface area contributed by atoms with Crippen molar-refractivity contribution in [3.05, 3.63) is 17.5 Å². The standard InChI is InChI=1S/C19H31N5O3/c1-6-13(2)22-17-21-11-14-12-24(10-8-15(14)23-17)16(25)7-9-20-18(26)27-19(3,4)5/h11,13H,6-10,12H2,1-5H3,(H,20,26)(H,21,22,23). The van der Waals surface area contributed by atoms with Crippen LogP contribution in [0.5, 0.6) is 0 Å². The van der Waals surface area contributed by atoms with Gasteiger partial charge in [-0.05, 0) is 34.1 Å². The smallest absolute Gasteiger partial charge is 0.407 e. The SMILES string of the molecule is CCC(C)Nc1ncc2c(n1)CCN(C(=O)CCNC(=O)OC(C)(C)C)C2. The summed E-state index contributed by atoms with van der Waals surface area (Å²) in [7, 11) is 0. The summed E-state index contributed by atoms with van der Waals surface area (Å²) in [6, 6.07) is 0.321. The van der Waals surface area contributed by atoms with E-state index in [1.807, 2.05) is 0 Å². The first-order chi connectivity index (χ1) is 12.7. The zero-order chi connectivity index (χ0) is 20.0. The van der Waals surface area contributed by atoms with Gasteiger partial charge >= 0.3 is 6.09 Å². The molecule has 1 aromatic rings. The molecule has 8 heteroatoms. The Morgan fingerprint density at radius 1 is 1.37 bits per heavy atom. The van der Waals surface area contributed by atoms with Gasteiger partial charge in [-0.3, -0.25) is 4.79 Å². The number of amides is 2. The molecule has 1 aromatic heterocycles. The van der Waals surface area contributed by atoms with E-state index in [2.05, 4.69) is 34.4 Å². The average Bonchev–Trinajstić information content (AvgIpc) is 2.59. The van der Waals surface area contributed by atoms with Gasteiger partial charge in [0.25, 0.3) is 0 Å². The van der Waals surface area contributed by atoms with Crippen molar-refractivity contribution < 1.29 is 14.3 Å². The van der Waals surface area contributed by atoms with Crippen LogP contribution in [0.1, 0.15) is 58.7 Å². The van der Waals surface area contributed by atoms with Crippen LogP contribution < -0.4 is 10.6 Å². The van der Waals surface area contributed by atoms with Crippen molar-refractivity contribution in [2.24, 2.45) is 0 Å². The van der Waals surface area contributed by atoms with E-state index in [4.69, 9.17) is 4.74 Å². The first kappa shape index (κ1) is 20.9. The third-order valence-corrected chi connectivity index (χ3v) is 4.28. The molecule has 0 saturated heterocycles. The fraction of sp³-hybridized carbons (Fsp3) is 0.684. The summed E-state index contributed by atoms with van der Waals surface area (Å²) in [4.78, 5) is 34.8. The summed E-state index contributed by atoms with van der Waals surface area (Å²) in [6.07, 6.45) is 3.24. The van der Waals surface area contributed by atoms with Gasteiger partial charge < -0.3 is 20.3 Å². The number of nitrogens with one attached hydrogen (secondary N) is 2. The highest BCUT2D eigenvalue weighted by Crippen LogP contribution is 2.18. The minimum absolute atomic E-state index is 0.00137. The molecule has 0 radical (unpaired) electrons. The second-order valence-electron chi connectivity index (χ2n) is 7.86. The van der Waals surface area contributed by atoms with Crippen LogP contribution in [-0.2, 0) is 22.5 Å². The number of hydrogen-bond acceptors (Lipinski definition) is 6. The Hall–Kier alpha value is -2.38. The van der Waals surface area contributed by atoms with Crippen LogP contribution in [-0.4, -0.2) is 51.6 Å². The quantitative estimate of drug-likeness (QED) is 0.791. The Labute approximate surface area is 161 Å². The number of fused-ring (bicyclic) bond motifs is 1. The van der Waals surface area contributed by atoms with E-state index >= 15 is 0 Å². The summed E-state index contributed by atoms with van der Waals surface area (Å²) in [6.45, 7) is 11.0. The van der Waals surface area contributed by atoms with Crippen molar-refractivity contribution >= 4 is 17.9 Å². The monoisotopic (exact) mass is 377 g/mol. The number of alkyl carbamates (subject to hydrolysis) is 1. The molecule has 8 nitrogen and oxygen atoms in total. The molecule has 0 saturated carbocycles. The summed E-state index contributed by atoms with van der Waals surface area (Å²) < 4.78 is 5.16. The zero-order valence-corrected chi connectivity index (χ0v) is 17.0. The predicted octanol–water partition coefficient (Wildman–Crippen LogP) is 2.49. The molecular formula is C19H31N5O3. The van der Waals surface area contributed by atoms with E-state index in [0.29, 0.717) is 31.5 Å². The predicted molar refractivity (Wildman–Crippen MR) is 103 cm³/mol. The molecule has 0 spiro atoms. The lowest BCUT2D eigenvalue weighted by Gasteiger charge is -2.28. The second kappa shape index (κ2) is 9.01. The van der Waals surface area contributed by atoms with Gasteiger partial charge in [-0.2, -0.15) is 0 Å². The van der Waals surface area contributed by atoms with Crippen molar-refractivity contribution in [3.8, 4) is 0 Å². The molecule has 2 amide bonds. The van der Waals surface area contributed by atoms with Crippen molar-refractivity contribution in [1.82, 2.24) is 20.2 Å². The van der Waals surface area contributed by atoms with Crippen molar-refractivity contribution in [2.75, 3.05) is 18.4 Å². The fourth-order valence-electron chi connectivity index (χ4n) is 2.66. The van der Waals surface area contributed by atoms with Gasteiger partial charge in [0.2, 0.25) is 11.9 Å². The van der Waals surface area contributed by atoms with E-state index in [1.54, 1.807) is 31.9 Å². The molecule has 1 aliphatic heterocycles. The van der Waals surface area contributed by atoms with Gasteiger partial charge in [0.05, 0.1) is 5.69 Å². The van der Waals surface area contributed by atoms with Gasteiger partial charge in [-0.25, -0.2) is 14.8 Å². The number of anilines is 1. The van der Waals surface area contributed by atoms with Gasteiger partial charge in [0.15, 0.2) is 0 Å². The fourth-order valence-corrected chi connectivity index (χ4v) is 2.66. The Kier molecular flexibility index (Phi) is 6.98. The first-order valence-electron chi connectivity index (χ1n) is 9.54. The number of carbonyl (C=O) groups is 2. The molecule has 1 aliphatic rings. The number of ether oxygens (including phenoxy) is 1. The van der Waals surface area contributed by atoms with Crippen LogP contribution in [0.25, 0.3) is 0 Å². The second-order valence-corrected chi connectivity index (χ2v) is 7.86. The van der Waals surface area contributed by atoms with Crippen LogP contribution in [0.3, 0.4) is 0 Å². The normalized spacial score (nSPS) is 14.9. The molecule has 150 valence electrons. The van der Waals surface area contributed by atoms with Crippen LogP contribution >= 0.6 is 0 Å². The molecule has 1 atom stereocenters. The Balaban J connectivity index is 1.83. The van der Waals surface area contributed by atoms with Gasteiger partial charge in [0.1, 0.15) is 5.60 Å².